The Kier molecular flexibility index (Phi) is 6.84. The number of likely N-dealkylation sites (tertiary alicyclic amines) is 1. The Balaban J connectivity index is 1.17. The number of carbonyl (C=O) groups excluding carboxylic acids is 2. The quantitative estimate of drug-likeness (QED) is 0.294. The maximum absolute atomic E-state index is 13.9. The average Bonchev–Trinajstić information content (AvgIpc) is 3.57. The number of halogens is 1. The van der Waals surface area contributed by atoms with Gasteiger partial charge in [0, 0.05) is 54.2 Å². The first kappa shape index (κ1) is 24.9. The van der Waals surface area contributed by atoms with Crippen molar-refractivity contribution in [2.75, 3.05) is 13.1 Å². The van der Waals surface area contributed by atoms with E-state index < -0.39 is 6.09 Å². The molecule has 0 spiro atoms. The molecule has 9 heteroatoms. The fourth-order valence-corrected chi connectivity index (χ4v) is 6.51. The molecule has 2 aliphatic rings. The van der Waals surface area contributed by atoms with Gasteiger partial charge in [0.2, 0.25) is 0 Å². The summed E-state index contributed by atoms with van der Waals surface area (Å²) in [6.07, 6.45) is 6.42. The number of thiazole rings is 1. The molecule has 2 aromatic carbocycles. The predicted molar refractivity (Wildman–Crippen MR) is 150 cm³/mol. The van der Waals surface area contributed by atoms with Crippen LogP contribution >= 0.6 is 22.9 Å². The van der Waals surface area contributed by atoms with Crippen molar-refractivity contribution in [1.82, 2.24) is 19.8 Å². The van der Waals surface area contributed by atoms with Gasteiger partial charge in [-0.3, -0.25) is 4.79 Å². The first-order valence-corrected chi connectivity index (χ1v) is 14.2. The van der Waals surface area contributed by atoms with E-state index in [1.807, 2.05) is 65.2 Å². The molecule has 2 amide bonds. The number of rotatable bonds is 6. The highest BCUT2D eigenvalue weighted by atomic mass is 35.5. The number of carbonyl (C=O) groups is 2. The molecule has 2 fully saturated rings. The fraction of sp³-hybridized carbons (Fsp3) is 0.345. The zero-order valence-electron chi connectivity index (χ0n) is 21.2. The van der Waals surface area contributed by atoms with Crippen LogP contribution in [0.4, 0.5) is 4.79 Å². The summed E-state index contributed by atoms with van der Waals surface area (Å²) in [4.78, 5) is 34.1. The minimum atomic E-state index is -0.525. The Hall–Kier alpha value is -3.36. The molecule has 1 atom stereocenters. The van der Waals surface area contributed by atoms with Gasteiger partial charge >= 0.3 is 6.09 Å². The monoisotopic (exact) mass is 548 g/mol. The number of hydrogen-bond acceptors (Lipinski definition) is 5. The zero-order chi connectivity index (χ0) is 26.2. The summed E-state index contributed by atoms with van der Waals surface area (Å²) in [6.45, 7) is 0.959. The first-order chi connectivity index (χ1) is 18.5. The number of fused-ring (bicyclic) bond motifs is 1. The molecule has 4 aromatic rings. The topological polar surface area (TPSA) is 76.5 Å². The van der Waals surface area contributed by atoms with Gasteiger partial charge in [-0.15, -0.1) is 11.3 Å². The standard InChI is InChI=1S/C29H29ClN4O3S/c1-33-14-12-19-16-23(10-11-24(19)33)37-29(36)31-17-22-7-2-3-13-34(22)28(35)25-26(20-5-4-6-21(30)15-20)38-27(32-25)18-8-9-18/h4-6,10-12,14-16,18,22H,2-3,7-9,13,17H2,1H3,(H,31,36)/t22-/m0/s1. The van der Waals surface area contributed by atoms with E-state index in [-0.39, 0.29) is 11.9 Å². The maximum atomic E-state index is 13.9. The fourth-order valence-electron chi connectivity index (χ4n) is 5.10. The average molecular weight is 549 g/mol. The van der Waals surface area contributed by atoms with Crippen LogP contribution in [0.5, 0.6) is 5.75 Å². The predicted octanol–water partition coefficient (Wildman–Crippen LogP) is 6.62. The molecular formula is C29H29ClN4O3S. The summed E-state index contributed by atoms with van der Waals surface area (Å²) in [5, 5.41) is 5.54. The van der Waals surface area contributed by atoms with E-state index in [4.69, 9.17) is 21.3 Å². The number of amides is 2. The number of nitrogens with one attached hydrogen (secondary N) is 1. The van der Waals surface area contributed by atoms with Crippen molar-refractivity contribution >= 4 is 45.8 Å². The lowest BCUT2D eigenvalue weighted by molar-refractivity contribution is 0.0607. The molecule has 0 bridgehead atoms. The Morgan fingerprint density at radius 2 is 2.00 bits per heavy atom. The molecule has 3 heterocycles. The Morgan fingerprint density at radius 3 is 2.82 bits per heavy atom. The van der Waals surface area contributed by atoms with Crippen LogP contribution in [0.15, 0.2) is 54.7 Å². The second kappa shape index (κ2) is 10.4. The summed E-state index contributed by atoms with van der Waals surface area (Å²) in [7, 11) is 1.98. The summed E-state index contributed by atoms with van der Waals surface area (Å²) >= 11 is 7.87. The highest BCUT2D eigenvalue weighted by Gasteiger charge is 2.34. The van der Waals surface area contributed by atoms with Crippen LogP contribution in [0.1, 0.15) is 53.5 Å². The Labute approximate surface area is 230 Å². The van der Waals surface area contributed by atoms with E-state index >= 15 is 0 Å². The van der Waals surface area contributed by atoms with Gasteiger partial charge in [0.25, 0.3) is 5.91 Å². The van der Waals surface area contributed by atoms with E-state index in [0.717, 1.165) is 58.5 Å². The van der Waals surface area contributed by atoms with Crippen molar-refractivity contribution in [2.24, 2.45) is 7.05 Å². The molecule has 38 heavy (non-hydrogen) atoms. The number of benzene rings is 2. The van der Waals surface area contributed by atoms with Crippen LogP contribution in [-0.2, 0) is 7.05 Å². The van der Waals surface area contributed by atoms with Crippen LogP contribution in [0.3, 0.4) is 0 Å². The van der Waals surface area contributed by atoms with Gasteiger partial charge in [-0.2, -0.15) is 0 Å². The molecule has 1 saturated heterocycles. The lowest BCUT2D eigenvalue weighted by Gasteiger charge is -2.35. The molecule has 196 valence electrons. The Morgan fingerprint density at radius 1 is 1.13 bits per heavy atom. The van der Waals surface area contributed by atoms with Crippen LogP contribution < -0.4 is 10.1 Å². The molecule has 6 rings (SSSR count). The van der Waals surface area contributed by atoms with Crippen molar-refractivity contribution in [3.05, 3.63) is 70.5 Å². The molecule has 0 unspecified atom stereocenters. The van der Waals surface area contributed by atoms with Gasteiger partial charge < -0.3 is 19.5 Å². The number of nitrogens with zero attached hydrogens (tertiary/aromatic N) is 3. The van der Waals surface area contributed by atoms with E-state index in [1.165, 1.54) is 0 Å². The van der Waals surface area contributed by atoms with Crippen LogP contribution in [0.2, 0.25) is 5.02 Å². The summed E-state index contributed by atoms with van der Waals surface area (Å²) < 4.78 is 7.56. The van der Waals surface area contributed by atoms with Crippen LogP contribution in [-0.4, -0.2) is 45.6 Å². The molecule has 1 aliphatic carbocycles. The van der Waals surface area contributed by atoms with Gasteiger partial charge in [-0.05, 0) is 74.1 Å². The molecule has 7 nitrogen and oxygen atoms in total. The number of aryl methyl sites for hydroxylation is 1. The van der Waals surface area contributed by atoms with Gasteiger partial charge in [-0.25, -0.2) is 9.78 Å². The van der Waals surface area contributed by atoms with Crippen LogP contribution in [0.25, 0.3) is 21.3 Å². The minimum absolute atomic E-state index is 0.0856. The summed E-state index contributed by atoms with van der Waals surface area (Å²) in [5.41, 5.74) is 2.47. The van der Waals surface area contributed by atoms with Gasteiger partial charge in [0.1, 0.15) is 11.4 Å². The minimum Gasteiger partial charge on any atom is -0.410 e. The normalized spacial score (nSPS) is 17.5. The van der Waals surface area contributed by atoms with E-state index in [1.54, 1.807) is 17.4 Å². The lowest BCUT2D eigenvalue weighted by Crippen LogP contribution is -2.50. The number of hydrogen-bond donors (Lipinski definition) is 1. The van der Waals surface area contributed by atoms with E-state index in [9.17, 15) is 9.59 Å². The molecule has 0 radical (unpaired) electrons. The molecular weight excluding hydrogens is 520 g/mol. The van der Waals surface area contributed by atoms with Gasteiger partial charge in [-0.1, -0.05) is 23.7 Å². The third kappa shape index (κ3) is 5.15. The summed E-state index contributed by atoms with van der Waals surface area (Å²) in [5.74, 6) is 0.847. The van der Waals surface area contributed by atoms with E-state index in [0.29, 0.717) is 35.5 Å². The van der Waals surface area contributed by atoms with Crippen LogP contribution in [0, 0.1) is 0 Å². The molecule has 1 N–H and O–H groups in total. The third-order valence-corrected chi connectivity index (χ3v) is 8.80. The number of ether oxygens (including phenoxy) is 1. The largest absolute Gasteiger partial charge is 0.412 e. The second-order valence-corrected chi connectivity index (χ2v) is 11.5. The van der Waals surface area contributed by atoms with Crippen molar-refractivity contribution in [3.8, 4) is 16.2 Å². The van der Waals surface area contributed by atoms with Crippen molar-refractivity contribution in [3.63, 3.8) is 0 Å². The van der Waals surface area contributed by atoms with Gasteiger partial charge in [0.15, 0.2) is 0 Å². The molecule has 1 aliphatic heterocycles. The highest BCUT2D eigenvalue weighted by Crippen LogP contribution is 2.45. The Bertz CT molecular complexity index is 1510. The van der Waals surface area contributed by atoms with Gasteiger partial charge in [0.05, 0.1) is 9.88 Å². The number of aromatic nitrogens is 2. The second-order valence-electron chi connectivity index (χ2n) is 10.1. The number of piperidine rings is 1. The molecule has 1 saturated carbocycles. The molecule has 2 aromatic heterocycles. The lowest BCUT2D eigenvalue weighted by atomic mass is 10.0. The third-order valence-electron chi connectivity index (χ3n) is 7.30. The smallest absolute Gasteiger partial charge is 0.410 e. The van der Waals surface area contributed by atoms with Crippen molar-refractivity contribution in [1.29, 1.82) is 0 Å². The highest BCUT2D eigenvalue weighted by molar-refractivity contribution is 7.15. The maximum Gasteiger partial charge on any atom is 0.412 e. The SMILES string of the molecule is Cn1ccc2cc(OC(=O)NC[C@@H]3CCCCN3C(=O)c3nc(C4CC4)sc3-c3cccc(Cl)c3)ccc21. The summed E-state index contributed by atoms with van der Waals surface area (Å²) in [6, 6.07) is 15.0. The first-order valence-electron chi connectivity index (χ1n) is 13.0. The zero-order valence-corrected chi connectivity index (χ0v) is 22.7. The van der Waals surface area contributed by atoms with Crippen molar-refractivity contribution < 1.29 is 14.3 Å². The van der Waals surface area contributed by atoms with Crippen molar-refractivity contribution in [2.45, 2.75) is 44.1 Å². The van der Waals surface area contributed by atoms with E-state index in [2.05, 4.69) is 5.32 Å².